The fourth-order valence-electron chi connectivity index (χ4n) is 1.90. The minimum absolute atomic E-state index is 0.0464. The highest BCUT2D eigenvalue weighted by molar-refractivity contribution is 5.29. The lowest BCUT2D eigenvalue weighted by atomic mass is 10.1. The van der Waals surface area contributed by atoms with Gasteiger partial charge in [0.2, 0.25) is 0 Å². The molecular formula is C16H18FNO2. The number of aliphatic hydroxyl groups is 1. The first-order valence-electron chi connectivity index (χ1n) is 6.44. The van der Waals surface area contributed by atoms with Gasteiger partial charge in [-0.05, 0) is 17.2 Å². The lowest BCUT2D eigenvalue weighted by molar-refractivity contribution is 0.282. The summed E-state index contributed by atoms with van der Waals surface area (Å²) in [6.45, 7) is 1.15. The zero-order valence-electron chi connectivity index (χ0n) is 11.4. The molecule has 0 amide bonds. The summed E-state index contributed by atoms with van der Waals surface area (Å²) in [5.74, 6) is 0.248. The molecule has 4 heteroatoms. The van der Waals surface area contributed by atoms with E-state index in [1.807, 2.05) is 24.3 Å². The molecule has 0 saturated heterocycles. The van der Waals surface area contributed by atoms with Crippen molar-refractivity contribution >= 4 is 0 Å². The van der Waals surface area contributed by atoms with Gasteiger partial charge < -0.3 is 15.2 Å². The molecule has 0 aromatic heterocycles. The van der Waals surface area contributed by atoms with Crippen molar-refractivity contribution in [1.82, 2.24) is 5.32 Å². The highest BCUT2D eigenvalue weighted by Gasteiger charge is 2.03. The van der Waals surface area contributed by atoms with Crippen LogP contribution in [0.15, 0.2) is 42.5 Å². The van der Waals surface area contributed by atoms with Gasteiger partial charge in [-0.15, -0.1) is 0 Å². The number of ether oxygens (including phenoxy) is 1. The zero-order valence-corrected chi connectivity index (χ0v) is 11.4. The smallest absolute Gasteiger partial charge is 0.131 e. The Kier molecular flexibility index (Phi) is 5.09. The second-order valence-electron chi connectivity index (χ2n) is 4.54. The molecule has 3 nitrogen and oxygen atoms in total. The first-order valence-corrected chi connectivity index (χ1v) is 6.44. The van der Waals surface area contributed by atoms with E-state index < -0.39 is 0 Å². The van der Waals surface area contributed by atoms with Gasteiger partial charge in [0.05, 0.1) is 13.7 Å². The highest BCUT2D eigenvalue weighted by Crippen LogP contribution is 2.16. The Morgan fingerprint density at radius 3 is 2.35 bits per heavy atom. The summed E-state index contributed by atoms with van der Waals surface area (Å²) in [6, 6.07) is 12.5. The number of halogens is 1. The predicted molar refractivity (Wildman–Crippen MR) is 75.9 cm³/mol. The maximum Gasteiger partial charge on any atom is 0.131 e. The second-order valence-corrected chi connectivity index (χ2v) is 4.54. The van der Waals surface area contributed by atoms with Gasteiger partial charge in [-0.1, -0.05) is 30.3 Å². The molecule has 2 aromatic rings. The van der Waals surface area contributed by atoms with Gasteiger partial charge in [0.1, 0.15) is 11.6 Å². The molecule has 0 aliphatic rings. The van der Waals surface area contributed by atoms with Crippen LogP contribution >= 0.6 is 0 Å². The van der Waals surface area contributed by atoms with Gasteiger partial charge in [0, 0.05) is 24.7 Å². The van der Waals surface area contributed by atoms with Crippen LogP contribution in [0.1, 0.15) is 16.7 Å². The van der Waals surface area contributed by atoms with E-state index in [1.165, 1.54) is 13.2 Å². The topological polar surface area (TPSA) is 41.5 Å². The Morgan fingerprint density at radius 1 is 1.05 bits per heavy atom. The second kappa shape index (κ2) is 7.03. The zero-order chi connectivity index (χ0) is 14.4. The summed E-state index contributed by atoms with van der Waals surface area (Å²) >= 11 is 0. The quantitative estimate of drug-likeness (QED) is 0.851. The first-order chi connectivity index (χ1) is 9.72. The molecule has 0 unspecified atom stereocenters. The average molecular weight is 275 g/mol. The molecule has 20 heavy (non-hydrogen) atoms. The van der Waals surface area contributed by atoms with Crippen molar-refractivity contribution in [1.29, 1.82) is 0 Å². The standard InChI is InChI=1S/C16H18FNO2/c1-20-15-7-6-14(16(17)8-15)10-18-9-12-2-4-13(11-19)5-3-12/h2-8,18-19H,9-11H2,1H3. The first kappa shape index (κ1) is 14.5. The number of methoxy groups -OCH3 is 1. The Labute approximate surface area is 118 Å². The van der Waals surface area contributed by atoms with E-state index in [4.69, 9.17) is 9.84 Å². The minimum atomic E-state index is -0.271. The fourth-order valence-corrected chi connectivity index (χ4v) is 1.90. The minimum Gasteiger partial charge on any atom is -0.497 e. The van der Waals surface area contributed by atoms with Gasteiger partial charge in [-0.25, -0.2) is 4.39 Å². The molecule has 0 atom stereocenters. The highest BCUT2D eigenvalue weighted by atomic mass is 19.1. The number of benzene rings is 2. The van der Waals surface area contributed by atoms with E-state index in [9.17, 15) is 4.39 Å². The lowest BCUT2D eigenvalue weighted by Crippen LogP contribution is -2.13. The molecular weight excluding hydrogens is 257 g/mol. The van der Waals surface area contributed by atoms with E-state index in [-0.39, 0.29) is 12.4 Å². The van der Waals surface area contributed by atoms with Crippen LogP contribution in [0.3, 0.4) is 0 Å². The van der Waals surface area contributed by atoms with Crippen LogP contribution in [0.5, 0.6) is 5.75 Å². The summed E-state index contributed by atoms with van der Waals surface area (Å²) in [5.41, 5.74) is 2.59. The predicted octanol–water partition coefficient (Wildman–Crippen LogP) is 2.62. The van der Waals surface area contributed by atoms with Crippen molar-refractivity contribution in [2.45, 2.75) is 19.7 Å². The molecule has 0 spiro atoms. The Balaban J connectivity index is 1.88. The van der Waals surface area contributed by atoms with Crippen molar-refractivity contribution in [2.24, 2.45) is 0 Å². The number of aliphatic hydroxyl groups excluding tert-OH is 1. The van der Waals surface area contributed by atoms with E-state index in [0.29, 0.717) is 24.4 Å². The molecule has 0 aliphatic heterocycles. The number of hydrogen-bond acceptors (Lipinski definition) is 3. The monoisotopic (exact) mass is 275 g/mol. The van der Waals surface area contributed by atoms with E-state index in [1.54, 1.807) is 12.1 Å². The van der Waals surface area contributed by atoms with Crippen LogP contribution in [0.4, 0.5) is 4.39 Å². The molecule has 0 heterocycles. The Morgan fingerprint density at radius 2 is 1.75 bits per heavy atom. The Hall–Kier alpha value is -1.91. The van der Waals surface area contributed by atoms with E-state index >= 15 is 0 Å². The summed E-state index contributed by atoms with van der Waals surface area (Å²) in [5, 5.41) is 12.1. The maximum absolute atomic E-state index is 13.7. The van der Waals surface area contributed by atoms with Gasteiger partial charge in [0.15, 0.2) is 0 Å². The van der Waals surface area contributed by atoms with Crippen molar-refractivity contribution in [3.8, 4) is 5.75 Å². The summed E-state index contributed by atoms with van der Waals surface area (Å²) in [7, 11) is 1.52. The summed E-state index contributed by atoms with van der Waals surface area (Å²) < 4.78 is 18.7. The SMILES string of the molecule is COc1ccc(CNCc2ccc(CO)cc2)c(F)c1. The van der Waals surface area contributed by atoms with Crippen LogP contribution in [-0.2, 0) is 19.7 Å². The van der Waals surface area contributed by atoms with E-state index in [0.717, 1.165) is 11.1 Å². The van der Waals surface area contributed by atoms with E-state index in [2.05, 4.69) is 5.32 Å². The van der Waals surface area contributed by atoms with Crippen LogP contribution in [0, 0.1) is 5.82 Å². The largest absolute Gasteiger partial charge is 0.497 e. The summed E-state index contributed by atoms with van der Waals surface area (Å²) in [6.07, 6.45) is 0. The third-order valence-corrected chi connectivity index (χ3v) is 3.11. The van der Waals surface area contributed by atoms with Crippen LogP contribution in [-0.4, -0.2) is 12.2 Å². The van der Waals surface area contributed by atoms with Crippen LogP contribution in [0.25, 0.3) is 0 Å². The Bertz CT molecular complexity index is 555. The normalized spacial score (nSPS) is 10.6. The molecule has 0 fully saturated rings. The maximum atomic E-state index is 13.7. The molecule has 2 N–H and O–H groups in total. The number of nitrogens with one attached hydrogen (secondary N) is 1. The van der Waals surface area contributed by atoms with Crippen molar-refractivity contribution in [2.75, 3.05) is 7.11 Å². The van der Waals surface area contributed by atoms with Gasteiger partial charge in [0.25, 0.3) is 0 Å². The van der Waals surface area contributed by atoms with Crippen molar-refractivity contribution in [3.05, 3.63) is 65.0 Å². The molecule has 2 aromatic carbocycles. The molecule has 0 bridgehead atoms. The molecule has 0 saturated carbocycles. The van der Waals surface area contributed by atoms with Gasteiger partial charge in [-0.2, -0.15) is 0 Å². The van der Waals surface area contributed by atoms with Crippen LogP contribution in [0.2, 0.25) is 0 Å². The summed E-state index contributed by atoms with van der Waals surface area (Å²) in [4.78, 5) is 0. The third-order valence-electron chi connectivity index (χ3n) is 3.11. The molecule has 0 aliphatic carbocycles. The van der Waals surface area contributed by atoms with Crippen molar-refractivity contribution in [3.63, 3.8) is 0 Å². The third kappa shape index (κ3) is 3.79. The molecule has 0 radical (unpaired) electrons. The lowest BCUT2D eigenvalue weighted by Gasteiger charge is -2.08. The van der Waals surface area contributed by atoms with Gasteiger partial charge >= 0.3 is 0 Å². The average Bonchev–Trinajstić information content (AvgIpc) is 2.49. The fraction of sp³-hybridized carbons (Fsp3) is 0.250. The van der Waals surface area contributed by atoms with Crippen LogP contribution < -0.4 is 10.1 Å². The van der Waals surface area contributed by atoms with Crippen molar-refractivity contribution < 1.29 is 14.2 Å². The number of hydrogen-bond donors (Lipinski definition) is 2. The van der Waals surface area contributed by atoms with Gasteiger partial charge in [-0.3, -0.25) is 0 Å². The number of rotatable bonds is 6. The molecule has 106 valence electrons. The molecule has 2 rings (SSSR count).